The summed E-state index contributed by atoms with van der Waals surface area (Å²) in [7, 11) is 1.71. The minimum Gasteiger partial charge on any atom is -0.496 e. The van der Waals surface area contributed by atoms with Crippen molar-refractivity contribution in [3.05, 3.63) is 57.0 Å². The summed E-state index contributed by atoms with van der Waals surface area (Å²) in [6, 6.07) is 12.3. The van der Waals surface area contributed by atoms with Crippen molar-refractivity contribution >= 4 is 39.3 Å². The Morgan fingerprint density at radius 2 is 2.00 bits per heavy atom. The molecule has 0 saturated carbocycles. The molecule has 3 nitrogen and oxygen atoms in total. The standard InChI is InChI=1S/C19H22BrClN2OS/c1-24-18-6-5-16(20)11-15(18)13-25-19-14(3-2-4-17(19)21)12-23-9-7-22-8-10-23/h2-6,11,22H,7-10,12-13H2,1H3. The number of methoxy groups -OCH3 is 1. The van der Waals surface area contributed by atoms with Crippen LogP contribution < -0.4 is 10.1 Å². The van der Waals surface area contributed by atoms with E-state index in [-0.39, 0.29) is 0 Å². The molecule has 1 aliphatic rings. The van der Waals surface area contributed by atoms with E-state index in [1.54, 1.807) is 18.9 Å². The van der Waals surface area contributed by atoms with E-state index in [1.165, 1.54) is 10.5 Å². The average Bonchev–Trinajstić information content (AvgIpc) is 2.62. The van der Waals surface area contributed by atoms with Crippen LogP contribution in [0.1, 0.15) is 11.1 Å². The van der Waals surface area contributed by atoms with Gasteiger partial charge in [0.25, 0.3) is 0 Å². The molecule has 0 atom stereocenters. The van der Waals surface area contributed by atoms with Gasteiger partial charge in [-0.1, -0.05) is 39.7 Å². The number of thioether (sulfide) groups is 1. The zero-order chi connectivity index (χ0) is 17.6. The van der Waals surface area contributed by atoms with Gasteiger partial charge in [0.05, 0.1) is 12.1 Å². The predicted octanol–water partition coefficient (Wildman–Crippen LogP) is 4.81. The van der Waals surface area contributed by atoms with Crippen molar-refractivity contribution in [2.75, 3.05) is 33.3 Å². The molecular weight excluding hydrogens is 420 g/mol. The Morgan fingerprint density at radius 3 is 2.76 bits per heavy atom. The van der Waals surface area contributed by atoms with Crippen molar-refractivity contribution in [2.45, 2.75) is 17.2 Å². The highest BCUT2D eigenvalue weighted by Gasteiger charge is 2.15. The van der Waals surface area contributed by atoms with Gasteiger partial charge in [-0.15, -0.1) is 11.8 Å². The van der Waals surface area contributed by atoms with Gasteiger partial charge in [-0.05, 0) is 29.8 Å². The third kappa shape index (κ3) is 5.14. The largest absolute Gasteiger partial charge is 0.496 e. The maximum atomic E-state index is 6.53. The fourth-order valence-electron chi connectivity index (χ4n) is 2.96. The van der Waals surface area contributed by atoms with Crippen LogP contribution in [0.15, 0.2) is 45.8 Å². The average molecular weight is 442 g/mol. The maximum absolute atomic E-state index is 6.53. The van der Waals surface area contributed by atoms with Crippen LogP contribution in [-0.2, 0) is 12.3 Å². The monoisotopic (exact) mass is 440 g/mol. The molecule has 0 unspecified atom stereocenters. The second-order valence-electron chi connectivity index (χ2n) is 6.00. The summed E-state index contributed by atoms with van der Waals surface area (Å²) in [6.07, 6.45) is 0. The Balaban J connectivity index is 1.76. The summed E-state index contributed by atoms with van der Waals surface area (Å²) in [4.78, 5) is 3.65. The van der Waals surface area contributed by atoms with Crippen molar-refractivity contribution in [3.63, 3.8) is 0 Å². The van der Waals surface area contributed by atoms with Crippen LogP contribution >= 0.6 is 39.3 Å². The van der Waals surface area contributed by atoms with Crippen molar-refractivity contribution in [1.82, 2.24) is 10.2 Å². The number of nitrogens with zero attached hydrogens (tertiary/aromatic N) is 1. The summed E-state index contributed by atoms with van der Waals surface area (Å²) in [5.41, 5.74) is 2.46. The molecule has 0 radical (unpaired) electrons. The zero-order valence-electron chi connectivity index (χ0n) is 14.2. The number of halogens is 2. The summed E-state index contributed by atoms with van der Waals surface area (Å²) in [5, 5.41) is 4.23. The predicted molar refractivity (Wildman–Crippen MR) is 110 cm³/mol. The molecule has 2 aromatic rings. The Hall–Kier alpha value is -0.720. The number of nitrogens with one attached hydrogen (secondary N) is 1. The minimum absolute atomic E-state index is 0.820. The van der Waals surface area contributed by atoms with Crippen LogP contribution in [0.2, 0.25) is 5.02 Å². The number of ether oxygens (including phenoxy) is 1. The first-order chi connectivity index (χ1) is 12.2. The van der Waals surface area contributed by atoms with Crippen LogP contribution in [0.5, 0.6) is 5.75 Å². The molecule has 1 saturated heterocycles. The van der Waals surface area contributed by atoms with Crippen LogP contribution in [0.4, 0.5) is 0 Å². The summed E-state index contributed by atoms with van der Waals surface area (Å²) < 4.78 is 6.55. The third-order valence-electron chi connectivity index (χ3n) is 4.27. The van der Waals surface area contributed by atoms with E-state index in [0.717, 1.165) is 59.3 Å². The molecule has 0 aromatic heterocycles. The fourth-order valence-corrected chi connectivity index (χ4v) is 4.78. The van der Waals surface area contributed by atoms with E-state index in [4.69, 9.17) is 16.3 Å². The van der Waals surface area contributed by atoms with Gasteiger partial charge >= 0.3 is 0 Å². The van der Waals surface area contributed by atoms with Crippen LogP contribution in [-0.4, -0.2) is 38.2 Å². The highest BCUT2D eigenvalue weighted by atomic mass is 79.9. The first-order valence-electron chi connectivity index (χ1n) is 8.33. The van der Waals surface area contributed by atoms with Crippen LogP contribution in [0.3, 0.4) is 0 Å². The molecule has 25 heavy (non-hydrogen) atoms. The van der Waals surface area contributed by atoms with Gasteiger partial charge < -0.3 is 10.1 Å². The number of rotatable bonds is 6. The maximum Gasteiger partial charge on any atom is 0.122 e. The summed E-state index contributed by atoms with van der Waals surface area (Å²) in [5.74, 6) is 1.73. The van der Waals surface area contributed by atoms with Crippen molar-refractivity contribution < 1.29 is 4.74 Å². The Bertz CT molecular complexity index is 723. The highest BCUT2D eigenvalue weighted by molar-refractivity contribution is 9.10. The molecule has 1 fully saturated rings. The lowest BCUT2D eigenvalue weighted by atomic mass is 10.2. The molecule has 2 aromatic carbocycles. The lowest BCUT2D eigenvalue weighted by Crippen LogP contribution is -2.42. The normalized spacial score (nSPS) is 15.3. The molecule has 1 heterocycles. The molecule has 0 aliphatic carbocycles. The number of benzene rings is 2. The fraction of sp³-hybridized carbons (Fsp3) is 0.368. The van der Waals surface area contributed by atoms with E-state index < -0.39 is 0 Å². The van der Waals surface area contributed by atoms with E-state index in [0.29, 0.717) is 0 Å². The Labute approximate surface area is 167 Å². The third-order valence-corrected chi connectivity index (χ3v) is 6.41. The second-order valence-corrected chi connectivity index (χ2v) is 8.31. The molecular formula is C19H22BrClN2OS. The minimum atomic E-state index is 0.820. The molecule has 0 amide bonds. The first-order valence-corrected chi connectivity index (χ1v) is 10.5. The lowest BCUT2D eigenvalue weighted by molar-refractivity contribution is 0.232. The van der Waals surface area contributed by atoms with Gasteiger partial charge in [-0.3, -0.25) is 4.90 Å². The molecule has 6 heteroatoms. The van der Waals surface area contributed by atoms with E-state index in [1.807, 2.05) is 24.3 Å². The summed E-state index contributed by atoms with van der Waals surface area (Å²) in [6.45, 7) is 5.21. The Morgan fingerprint density at radius 1 is 1.20 bits per heavy atom. The SMILES string of the molecule is COc1ccc(Br)cc1CSc1c(Cl)cccc1CN1CCNCC1. The number of hydrogen-bond acceptors (Lipinski definition) is 4. The van der Waals surface area contributed by atoms with Gasteiger partial charge in [0.2, 0.25) is 0 Å². The topological polar surface area (TPSA) is 24.5 Å². The van der Waals surface area contributed by atoms with Crippen molar-refractivity contribution in [1.29, 1.82) is 0 Å². The van der Waals surface area contributed by atoms with E-state index >= 15 is 0 Å². The van der Waals surface area contributed by atoms with E-state index in [9.17, 15) is 0 Å². The van der Waals surface area contributed by atoms with Gasteiger partial charge in [0, 0.05) is 53.4 Å². The highest BCUT2D eigenvalue weighted by Crippen LogP contribution is 2.36. The molecule has 0 bridgehead atoms. The Kier molecular flexibility index (Phi) is 7.08. The quantitative estimate of drug-likeness (QED) is 0.650. The zero-order valence-corrected chi connectivity index (χ0v) is 17.4. The van der Waals surface area contributed by atoms with Crippen LogP contribution in [0.25, 0.3) is 0 Å². The molecule has 1 N–H and O–H groups in total. The first kappa shape index (κ1) is 19.1. The smallest absolute Gasteiger partial charge is 0.122 e. The lowest BCUT2D eigenvalue weighted by Gasteiger charge is -2.28. The van der Waals surface area contributed by atoms with Gasteiger partial charge in [-0.25, -0.2) is 0 Å². The number of hydrogen-bond donors (Lipinski definition) is 1. The number of piperazine rings is 1. The van der Waals surface area contributed by atoms with Gasteiger partial charge in [0.15, 0.2) is 0 Å². The molecule has 3 rings (SSSR count). The van der Waals surface area contributed by atoms with E-state index in [2.05, 4.69) is 38.3 Å². The summed E-state index contributed by atoms with van der Waals surface area (Å²) >= 11 is 11.8. The van der Waals surface area contributed by atoms with Crippen molar-refractivity contribution in [3.8, 4) is 5.75 Å². The molecule has 0 spiro atoms. The van der Waals surface area contributed by atoms with Gasteiger partial charge in [0.1, 0.15) is 5.75 Å². The molecule has 1 aliphatic heterocycles. The van der Waals surface area contributed by atoms with Gasteiger partial charge in [-0.2, -0.15) is 0 Å². The molecule has 134 valence electrons. The van der Waals surface area contributed by atoms with Crippen LogP contribution in [0, 0.1) is 0 Å². The van der Waals surface area contributed by atoms with Crippen molar-refractivity contribution in [2.24, 2.45) is 0 Å². The second kappa shape index (κ2) is 9.28.